The highest BCUT2D eigenvalue weighted by molar-refractivity contribution is 5.45. The van der Waals surface area contributed by atoms with Crippen molar-refractivity contribution in [3.63, 3.8) is 0 Å². The molecule has 1 heterocycles. The number of aromatic amines is 1. The van der Waals surface area contributed by atoms with Crippen molar-refractivity contribution < 1.29 is 0 Å². The topological polar surface area (TPSA) is 63.8 Å². The van der Waals surface area contributed by atoms with Crippen molar-refractivity contribution in [2.24, 2.45) is 0 Å². The summed E-state index contributed by atoms with van der Waals surface area (Å²) in [5, 5.41) is 0. The van der Waals surface area contributed by atoms with E-state index < -0.39 is 0 Å². The molecule has 0 amide bonds. The average molecular weight is 217 g/mol. The Labute approximate surface area is 93.7 Å². The number of rotatable bonds is 2. The summed E-state index contributed by atoms with van der Waals surface area (Å²) in [5.41, 5.74) is 8.00. The van der Waals surface area contributed by atoms with Gasteiger partial charge in [0.2, 0.25) is 0 Å². The van der Waals surface area contributed by atoms with Gasteiger partial charge in [-0.25, -0.2) is 4.79 Å². The molecular formula is C12H15N3O. The molecule has 0 atom stereocenters. The Bertz CT molecular complexity index is 534. The van der Waals surface area contributed by atoms with Crippen LogP contribution in [0.25, 0.3) is 5.69 Å². The fourth-order valence-corrected chi connectivity index (χ4v) is 1.70. The van der Waals surface area contributed by atoms with Gasteiger partial charge in [0, 0.05) is 17.6 Å². The molecule has 0 bridgehead atoms. The number of imidazole rings is 1. The van der Waals surface area contributed by atoms with Gasteiger partial charge in [0.25, 0.3) is 0 Å². The summed E-state index contributed by atoms with van der Waals surface area (Å²) in [5.74, 6) is 0.288. The first kappa shape index (κ1) is 10.5. The molecule has 0 saturated carbocycles. The molecule has 4 heteroatoms. The Kier molecular flexibility index (Phi) is 2.56. The van der Waals surface area contributed by atoms with Gasteiger partial charge in [-0.2, -0.15) is 0 Å². The van der Waals surface area contributed by atoms with Crippen LogP contribution >= 0.6 is 0 Å². The van der Waals surface area contributed by atoms with Crippen LogP contribution in [-0.2, 0) is 0 Å². The number of hydrogen-bond donors (Lipinski definition) is 2. The second kappa shape index (κ2) is 3.89. The van der Waals surface area contributed by atoms with E-state index in [4.69, 9.17) is 5.73 Å². The molecule has 0 radical (unpaired) electrons. The minimum Gasteiger partial charge on any atom is -0.399 e. The third-order valence-electron chi connectivity index (χ3n) is 2.55. The van der Waals surface area contributed by atoms with Crippen molar-refractivity contribution >= 4 is 5.69 Å². The highest BCUT2D eigenvalue weighted by Crippen LogP contribution is 2.17. The van der Waals surface area contributed by atoms with Gasteiger partial charge >= 0.3 is 5.69 Å². The first-order chi connectivity index (χ1) is 7.59. The van der Waals surface area contributed by atoms with E-state index in [1.54, 1.807) is 22.9 Å². The highest BCUT2D eigenvalue weighted by Gasteiger charge is 2.10. The van der Waals surface area contributed by atoms with Crippen LogP contribution in [0.15, 0.2) is 35.3 Å². The fourth-order valence-electron chi connectivity index (χ4n) is 1.70. The summed E-state index contributed by atoms with van der Waals surface area (Å²) in [4.78, 5) is 14.4. The zero-order valence-electron chi connectivity index (χ0n) is 9.40. The number of nitrogens with two attached hydrogens (primary N) is 1. The molecule has 2 rings (SSSR count). The SMILES string of the molecule is CC(C)c1c[nH]c(=O)n1-c1ccc(N)cc1. The lowest BCUT2D eigenvalue weighted by molar-refractivity contribution is 0.776. The Morgan fingerprint density at radius 1 is 1.25 bits per heavy atom. The number of nitrogens with one attached hydrogen (secondary N) is 1. The van der Waals surface area contributed by atoms with Gasteiger partial charge in [-0.1, -0.05) is 13.8 Å². The number of aromatic nitrogens is 2. The minimum atomic E-state index is -0.117. The molecule has 0 unspecified atom stereocenters. The molecule has 16 heavy (non-hydrogen) atoms. The van der Waals surface area contributed by atoms with Crippen molar-refractivity contribution in [3.8, 4) is 5.69 Å². The van der Waals surface area contributed by atoms with E-state index in [1.165, 1.54) is 0 Å². The van der Waals surface area contributed by atoms with Gasteiger partial charge in [0.1, 0.15) is 0 Å². The van der Waals surface area contributed by atoms with E-state index in [0.717, 1.165) is 11.4 Å². The predicted octanol–water partition coefficient (Wildman–Crippen LogP) is 1.87. The largest absolute Gasteiger partial charge is 0.399 e. The molecule has 0 spiro atoms. The monoisotopic (exact) mass is 217 g/mol. The normalized spacial score (nSPS) is 10.9. The van der Waals surface area contributed by atoms with Crippen LogP contribution in [0.4, 0.5) is 5.69 Å². The quantitative estimate of drug-likeness (QED) is 0.754. The van der Waals surface area contributed by atoms with Crippen molar-refractivity contribution in [2.45, 2.75) is 19.8 Å². The van der Waals surface area contributed by atoms with Gasteiger partial charge < -0.3 is 10.7 Å². The van der Waals surface area contributed by atoms with Crippen LogP contribution in [0.3, 0.4) is 0 Å². The van der Waals surface area contributed by atoms with Crippen LogP contribution in [-0.4, -0.2) is 9.55 Å². The van der Waals surface area contributed by atoms with Gasteiger partial charge in [-0.15, -0.1) is 0 Å². The van der Waals surface area contributed by atoms with Gasteiger partial charge in [0.05, 0.1) is 5.69 Å². The molecule has 2 aromatic rings. The summed E-state index contributed by atoms with van der Waals surface area (Å²) in [6.45, 7) is 4.10. The van der Waals surface area contributed by atoms with Crippen LogP contribution in [0.1, 0.15) is 25.5 Å². The molecule has 1 aromatic carbocycles. The van der Waals surface area contributed by atoms with Gasteiger partial charge in [-0.3, -0.25) is 4.57 Å². The van der Waals surface area contributed by atoms with E-state index in [9.17, 15) is 4.79 Å². The van der Waals surface area contributed by atoms with Crippen molar-refractivity contribution in [3.05, 3.63) is 46.6 Å². The number of nitrogen functional groups attached to an aromatic ring is 1. The molecule has 0 saturated heterocycles. The number of nitrogens with zero attached hydrogens (tertiary/aromatic N) is 1. The maximum Gasteiger partial charge on any atom is 0.330 e. The summed E-state index contributed by atoms with van der Waals surface area (Å²) in [6.07, 6.45) is 1.75. The number of H-pyrrole nitrogens is 1. The van der Waals surface area contributed by atoms with Gasteiger partial charge in [0.15, 0.2) is 0 Å². The first-order valence-corrected chi connectivity index (χ1v) is 5.26. The van der Waals surface area contributed by atoms with E-state index in [-0.39, 0.29) is 11.6 Å². The molecule has 0 fully saturated rings. The second-order valence-electron chi connectivity index (χ2n) is 4.10. The standard InChI is InChI=1S/C12H15N3O/c1-8(2)11-7-14-12(16)15(11)10-5-3-9(13)4-6-10/h3-8H,13H2,1-2H3,(H,14,16). The smallest absolute Gasteiger partial charge is 0.330 e. The molecule has 0 aliphatic rings. The highest BCUT2D eigenvalue weighted by atomic mass is 16.1. The van der Waals surface area contributed by atoms with E-state index in [0.29, 0.717) is 5.69 Å². The van der Waals surface area contributed by atoms with Crippen LogP contribution in [0.5, 0.6) is 0 Å². The lowest BCUT2D eigenvalue weighted by Gasteiger charge is -2.09. The predicted molar refractivity (Wildman–Crippen MR) is 64.9 cm³/mol. The van der Waals surface area contributed by atoms with Crippen molar-refractivity contribution in [2.75, 3.05) is 5.73 Å². The summed E-state index contributed by atoms with van der Waals surface area (Å²) >= 11 is 0. The number of hydrogen-bond acceptors (Lipinski definition) is 2. The van der Waals surface area contributed by atoms with Crippen LogP contribution in [0.2, 0.25) is 0 Å². The van der Waals surface area contributed by atoms with Crippen LogP contribution in [0, 0.1) is 0 Å². The second-order valence-corrected chi connectivity index (χ2v) is 4.10. The Hall–Kier alpha value is -1.97. The zero-order valence-corrected chi connectivity index (χ0v) is 9.40. The Morgan fingerprint density at radius 3 is 2.44 bits per heavy atom. The van der Waals surface area contributed by atoms with Crippen LogP contribution < -0.4 is 11.4 Å². The molecular weight excluding hydrogens is 202 g/mol. The molecule has 1 aromatic heterocycles. The maximum absolute atomic E-state index is 11.7. The number of anilines is 1. The molecule has 4 nitrogen and oxygen atoms in total. The third-order valence-corrected chi connectivity index (χ3v) is 2.55. The van der Waals surface area contributed by atoms with E-state index in [2.05, 4.69) is 18.8 Å². The van der Waals surface area contributed by atoms with Crippen molar-refractivity contribution in [1.29, 1.82) is 0 Å². The summed E-state index contributed by atoms with van der Waals surface area (Å²) < 4.78 is 1.67. The third kappa shape index (κ3) is 1.74. The van der Waals surface area contributed by atoms with E-state index in [1.807, 2.05) is 12.1 Å². The lowest BCUT2D eigenvalue weighted by Crippen LogP contribution is -2.17. The van der Waals surface area contributed by atoms with Gasteiger partial charge in [-0.05, 0) is 30.2 Å². The molecule has 3 N–H and O–H groups in total. The van der Waals surface area contributed by atoms with E-state index >= 15 is 0 Å². The molecule has 0 aliphatic carbocycles. The lowest BCUT2D eigenvalue weighted by atomic mass is 10.1. The zero-order chi connectivity index (χ0) is 11.7. The molecule has 84 valence electrons. The minimum absolute atomic E-state index is 0.117. The fraction of sp³-hybridized carbons (Fsp3) is 0.250. The van der Waals surface area contributed by atoms with Crippen molar-refractivity contribution in [1.82, 2.24) is 9.55 Å². The summed E-state index contributed by atoms with van der Waals surface area (Å²) in [6, 6.07) is 7.27. The number of benzene rings is 1. The molecule has 0 aliphatic heterocycles. The maximum atomic E-state index is 11.7. The Balaban J connectivity index is 2.59. The first-order valence-electron chi connectivity index (χ1n) is 5.26. The Morgan fingerprint density at radius 2 is 1.88 bits per heavy atom. The summed E-state index contributed by atoms with van der Waals surface area (Å²) in [7, 11) is 0. The average Bonchev–Trinajstić information content (AvgIpc) is 2.62.